The van der Waals surface area contributed by atoms with E-state index in [1.165, 1.54) is 0 Å². The normalized spacial score (nSPS) is 9.35. The molecule has 1 heteroatoms. The summed E-state index contributed by atoms with van der Waals surface area (Å²) >= 11 is 0. The highest BCUT2D eigenvalue weighted by atomic mass is 14.6. The smallest absolute Gasteiger partial charge is 0.0782 e. The lowest BCUT2D eigenvalue weighted by Gasteiger charge is -2.08. The zero-order valence-corrected chi connectivity index (χ0v) is 10.8. The zero-order chi connectivity index (χ0) is 12.8. The number of fused-ring (bicyclic) bond motifs is 1. The molecule has 0 spiro atoms. The summed E-state index contributed by atoms with van der Waals surface area (Å²) in [6.45, 7) is 13.8. The molecule has 0 aliphatic heterocycles. The Kier molecular flexibility index (Phi) is 4.65. The molecule has 1 aromatic heterocycles. The fraction of sp³-hybridized carbons (Fsp3) is 0.188. The Bertz CT molecular complexity index is 538. The number of benzene rings is 1. The number of pyridine rings is 1. The SMILES string of the molecule is C=Cc1ccc2cccnc2c1C(=C)C.CC. The first kappa shape index (κ1) is 13.2. The summed E-state index contributed by atoms with van der Waals surface area (Å²) in [6.07, 6.45) is 3.65. The van der Waals surface area contributed by atoms with E-state index in [1.54, 1.807) is 0 Å². The lowest BCUT2D eigenvalue weighted by molar-refractivity contribution is 1.39. The standard InChI is InChI=1S/C14H13N.C2H6/c1-4-11-7-8-12-6-5-9-15-14(12)13(11)10(2)3;1-2/h4-9H,1-2H2,3H3;1-2H3. The van der Waals surface area contributed by atoms with Crippen LogP contribution in [0.3, 0.4) is 0 Å². The molecule has 0 amide bonds. The van der Waals surface area contributed by atoms with E-state index < -0.39 is 0 Å². The summed E-state index contributed by atoms with van der Waals surface area (Å²) in [4.78, 5) is 4.40. The first-order valence-corrected chi connectivity index (χ1v) is 5.90. The molecule has 17 heavy (non-hydrogen) atoms. The average Bonchev–Trinajstić information content (AvgIpc) is 2.39. The molecule has 0 atom stereocenters. The van der Waals surface area contributed by atoms with Crippen molar-refractivity contribution in [3.8, 4) is 0 Å². The number of allylic oxidation sites excluding steroid dienone is 1. The summed E-state index contributed by atoms with van der Waals surface area (Å²) in [6, 6.07) is 8.12. The summed E-state index contributed by atoms with van der Waals surface area (Å²) in [7, 11) is 0. The van der Waals surface area contributed by atoms with Crippen molar-refractivity contribution in [3.05, 3.63) is 54.7 Å². The second kappa shape index (κ2) is 6.00. The van der Waals surface area contributed by atoms with E-state index in [1.807, 2.05) is 39.1 Å². The van der Waals surface area contributed by atoms with Crippen molar-refractivity contribution in [2.24, 2.45) is 0 Å². The Labute approximate surface area is 104 Å². The van der Waals surface area contributed by atoms with Crippen LogP contribution in [0, 0.1) is 0 Å². The lowest BCUT2D eigenvalue weighted by Crippen LogP contribution is -1.89. The molecule has 0 aliphatic rings. The van der Waals surface area contributed by atoms with Gasteiger partial charge in [0.05, 0.1) is 5.52 Å². The third-order valence-electron chi connectivity index (χ3n) is 2.45. The van der Waals surface area contributed by atoms with Gasteiger partial charge in [0, 0.05) is 17.1 Å². The van der Waals surface area contributed by atoms with E-state index in [-0.39, 0.29) is 0 Å². The van der Waals surface area contributed by atoms with Gasteiger partial charge < -0.3 is 0 Å². The Morgan fingerprint density at radius 1 is 1.24 bits per heavy atom. The summed E-state index contributed by atoms with van der Waals surface area (Å²) < 4.78 is 0. The first-order chi connectivity index (χ1) is 8.24. The molecule has 0 bridgehead atoms. The quantitative estimate of drug-likeness (QED) is 0.705. The highest BCUT2D eigenvalue weighted by Gasteiger charge is 2.06. The monoisotopic (exact) mass is 225 g/mol. The van der Waals surface area contributed by atoms with Crippen molar-refractivity contribution in [2.45, 2.75) is 20.8 Å². The molecule has 0 saturated heterocycles. The fourth-order valence-electron chi connectivity index (χ4n) is 1.78. The van der Waals surface area contributed by atoms with E-state index in [4.69, 9.17) is 0 Å². The van der Waals surface area contributed by atoms with Crippen LogP contribution in [0.5, 0.6) is 0 Å². The summed E-state index contributed by atoms with van der Waals surface area (Å²) in [5.74, 6) is 0. The number of hydrogen-bond donors (Lipinski definition) is 0. The molecule has 0 unspecified atom stereocenters. The van der Waals surface area contributed by atoms with Crippen LogP contribution < -0.4 is 0 Å². The van der Waals surface area contributed by atoms with Crippen LogP contribution in [0.2, 0.25) is 0 Å². The van der Waals surface area contributed by atoms with Crippen LogP contribution in [0.15, 0.2) is 43.6 Å². The fourth-order valence-corrected chi connectivity index (χ4v) is 1.78. The second-order valence-electron chi connectivity index (χ2n) is 3.59. The van der Waals surface area contributed by atoms with Crippen molar-refractivity contribution in [2.75, 3.05) is 0 Å². The van der Waals surface area contributed by atoms with Crippen LogP contribution in [0.1, 0.15) is 31.9 Å². The second-order valence-corrected chi connectivity index (χ2v) is 3.59. The summed E-state index contributed by atoms with van der Waals surface area (Å²) in [5, 5.41) is 1.14. The molecule has 0 N–H and O–H groups in total. The average molecular weight is 225 g/mol. The Morgan fingerprint density at radius 3 is 2.53 bits per heavy atom. The maximum absolute atomic E-state index is 4.40. The van der Waals surface area contributed by atoms with Crippen LogP contribution in [-0.2, 0) is 0 Å². The van der Waals surface area contributed by atoms with Crippen molar-refractivity contribution < 1.29 is 0 Å². The van der Waals surface area contributed by atoms with Crippen molar-refractivity contribution in [3.63, 3.8) is 0 Å². The third-order valence-corrected chi connectivity index (χ3v) is 2.45. The van der Waals surface area contributed by atoms with Gasteiger partial charge in [-0.05, 0) is 24.1 Å². The van der Waals surface area contributed by atoms with Gasteiger partial charge in [-0.2, -0.15) is 0 Å². The van der Waals surface area contributed by atoms with Gasteiger partial charge in [-0.15, -0.1) is 0 Å². The van der Waals surface area contributed by atoms with Crippen LogP contribution in [0.4, 0.5) is 0 Å². The Balaban J connectivity index is 0.000000686. The molecule has 0 saturated carbocycles. The zero-order valence-electron chi connectivity index (χ0n) is 10.8. The van der Waals surface area contributed by atoms with Crippen molar-refractivity contribution in [1.82, 2.24) is 4.98 Å². The predicted molar refractivity (Wildman–Crippen MR) is 77.9 cm³/mol. The molecular weight excluding hydrogens is 206 g/mol. The van der Waals surface area contributed by atoms with E-state index >= 15 is 0 Å². The minimum atomic E-state index is 1.00. The van der Waals surface area contributed by atoms with Crippen LogP contribution in [0.25, 0.3) is 22.6 Å². The van der Waals surface area contributed by atoms with Crippen molar-refractivity contribution >= 4 is 22.6 Å². The number of rotatable bonds is 2. The Morgan fingerprint density at radius 2 is 1.94 bits per heavy atom. The van der Waals surface area contributed by atoms with Gasteiger partial charge in [0.2, 0.25) is 0 Å². The highest BCUT2D eigenvalue weighted by Crippen LogP contribution is 2.26. The van der Waals surface area contributed by atoms with Gasteiger partial charge in [-0.1, -0.05) is 51.3 Å². The highest BCUT2D eigenvalue weighted by molar-refractivity contribution is 5.93. The van der Waals surface area contributed by atoms with E-state index in [2.05, 4.69) is 36.3 Å². The van der Waals surface area contributed by atoms with Gasteiger partial charge in [0.1, 0.15) is 0 Å². The third kappa shape index (κ3) is 2.62. The molecule has 88 valence electrons. The number of hydrogen-bond acceptors (Lipinski definition) is 1. The molecule has 2 aromatic rings. The molecule has 1 nitrogen and oxygen atoms in total. The lowest BCUT2D eigenvalue weighted by atomic mass is 9.98. The number of nitrogens with zero attached hydrogens (tertiary/aromatic N) is 1. The largest absolute Gasteiger partial charge is 0.256 e. The summed E-state index contributed by atoms with van der Waals surface area (Å²) in [5.41, 5.74) is 4.22. The molecular formula is C16H19N. The maximum atomic E-state index is 4.40. The minimum Gasteiger partial charge on any atom is -0.256 e. The van der Waals surface area contributed by atoms with E-state index in [0.717, 1.165) is 27.6 Å². The molecule has 0 radical (unpaired) electrons. The molecule has 2 rings (SSSR count). The first-order valence-electron chi connectivity index (χ1n) is 5.90. The topological polar surface area (TPSA) is 12.9 Å². The van der Waals surface area contributed by atoms with Crippen LogP contribution in [-0.4, -0.2) is 4.98 Å². The van der Waals surface area contributed by atoms with E-state index in [9.17, 15) is 0 Å². The minimum absolute atomic E-state index is 1.00. The van der Waals surface area contributed by atoms with Gasteiger partial charge in [0.25, 0.3) is 0 Å². The molecule has 0 aliphatic carbocycles. The van der Waals surface area contributed by atoms with Crippen molar-refractivity contribution in [1.29, 1.82) is 0 Å². The molecule has 1 heterocycles. The molecule has 0 fully saturated rings. The van der Waals surface area contributed by atoms with Crippen LogP contribution >= 0.6 is 0 Å². The van der Waals surface area contributed by atoms with E-state index in [0.29, 0.717) is 0 Å². The Hall–Kier alpha value is -1.89. The van der Waals surface area contributed by atoms with Gasteiger partial charge >= 0.3 is 0 Å². The van der Waals surface area contributed by atoms with Gasteiger partial charge in [-0.3, -0.25) is 4.98 Å². The maximum Gasteiger partial charge on any atom is 0.0782 e. The van der Waals surface area contributed by atoms with Gasteiger partial charge in [-0.25, -0.2) is 0 Å². The predicted octanol–water partition coefficient (Wildman–Crippen LogP) is 4.94. The number of aromatic nitrogens is 1. The molecule has 1 aromatic carbocycles. The van der Waals surface area contributed by atoms with Gasteiger partial charge in [0.15, 0.2) is 0 Å².